The maximum Gasteiger partial charge on any atom is 0.240 e. The first-order valence-corrected chi connectivity index (χ1v) is 12.3. The van der Waals surface area contributed by atoms with E-state index in [0.29, 0.717) is 6.54 Å². The fraction of sp³-hybridized carbons (Fsp3) is 0.393. The summed E-state index contributed by atoms with van der Waals surface area (Å²) in [6.07, 6.45) is 6.74. The van der Waals surface area contributed by atoms with Crippen LogP contribution in [0.5, 0.6) is 5.75 Å². The molecule has 1 aliphatic heterocycles. The van der Waals surface area contributed by atoms with Crippen LogP contribution >= 0.6 is 0 Å². The second-order valence-electron chi connectivity index (χ2n) is 9.72. The van der Waals surface area contributed by atoms with Gasteiger partial charge >= 0.3 is 0 Å². The molecule has 2 aromatic carbocycles. The van der Waals surface area contributed by atoms with Gasteiger partial charge in [-0.15, -0.1) is 0 Å². The van der Waals surface area contributed by atoms with Crippen molar-refractivity contribution < 1.29 is 19.1 Å². The molecule has 1 aromatic heterocycles. The van der Waals surface area contributed by atoms with E-state index in [4.69, 9.17) is 4.74 Å². The Bertz CT molecular complexity index is 1240. The lowest BCUT2D eigenvalue weighted by molar-refractivity contribution is -0.145. The predicted molar refractivity (Wildman–Crippen MR) is 133 cm³/mol. The summed E-state index contributed by atoms with van der Waals surface area (Å²) in [7, 11) is 1.63. The van der Waals surface area contributed by atoms with Crippen LogP contribution in [0.2, 0.25) is 0 Å². The number of carbonyl (C=O) groups excluding carboxylic acids is 3. The summed E-state index contributed by atoms with van der Waals surface area (Å²) < 4.78 is 5.30. The van der Waals surface area contributed by atoms with E-state index in [2.05, 4.69) is 16.4 Å². The Labute approximate surface area is 204 Å². The topological polar surface area (TPSA) is 91.5 Å². The van der Waals surface area contributed by atoms with E-state index in [-0.39, 0.29) is 36.6 Å². The molecule has 2 N–H and O–H groups in total. The average molecular weight is 474 g/mol. The maximum atomic E-state index is 13.1. The van der Waals surface area contributed by atoms with Gasteiger partial charge in [0.15, 0.2) is 0 Å². The van der Waals surface area contributed by atoms with Crippen LogP contribution in [-0.4, -0.2) is 47.8 Å². The number of methoxy groups -OCH3 is 1. The van der Waals surface area contributed by atoms with Crippen LogP contribution in [0, 0.1) is 5.41 Å². The summed E-state index contributed by atoms with van der Waals surface area (Å²) in [6.45, 7) is 0.122. The fourth-order valence-corrected chi connectivity index (χ4v) is 5.68. The number of para-hydroxylation sites is 1. The first-order chi connectivity index (χ1) is 17.0. The van der Waals surface area contributed by atoms with Gasteiger partial charge in [0.1, 0.15) is 12.3 Å². The van der Waals surface area contributed by atoms with Gasteiger partial charge in [0.25, 0.3) is 0 Å². The number of aromatic nitrogens is 1. The minimum absolute atomic E-state index is 0.115. The number of hydrogen-bond acceptors (Lipinski definition) is 4. The molecule has 0 bridgehead atoms. The van der Waals surface area contributed by atoms with Gasteiger partial charge in [-0.2, -0.15) is 0 Å². The first-order valence-electron chi connectivity index (χ1n) is 12.3. The minimum Gasteiger partial charge on any atom is -0.497 e. The van der Waals surface area contributed by atoms with Crippen LogP contribution in [0.4, 0.5) is 0 Å². The number of carbonyl (C=O) groups is 3. The van der Waals surface area contributed by atoms with Gasteiger partial charge in [-0.05, 0) is 42.2 Å². The van der Waals surface area contributed by atoms with Crippen LogP contribution in [0.25, 0.3) is 10.9 Å². The number of amides is 3. The van der Waals surface area contributed by atoms with Crippen molar-refractivity contribution >= 4 is 28.6 Å². The number of H-pyrrole nitrogens is 1. The highest BCUT2D eigenvalue weighted by Crippen LogP contribution is 2.45. The van der Waals surface area contributed by atoms with Crippen LogP contribution in [0.1, 0.15) is 55.6 Å². The normalized spacial score (nSPS) is 18.3. The molecule has 1 spiro atoms. The second-order valence-corrected chi connectivity index (χ2v) is 9.72. The quantitative estimate of drug-likeness (QED) is 0.505. The monoisotopic (exact) mass is 473 g/mol. The summed E-state index contributed by atoms with van der Waals surface area (Å²) in [6, 6.07) is 15.9. The van der Waals surface area contributed by atoms with Crippen LogP contribution in [-0.2, 0) is 14.4 Å². The highest BCUT2D eigenvalue weighted by atomic mass is 16.5. The molecule has 1 atom stereocenters. The number of imide groups is 1. The van der Waals surface area contributed by atoms with E-state index in [0.717, 1.165) is 59.9 Å². The maximum absolute atomic E-state index is 13.1. The summed E-state index contributed by atoms with van der Waals surface area (Å²) in [5, 5.41) is 4.08. The van der Waals surface area contributed by atoms with Crippen molar-refractivity contribution in [1.82, 2.24) is 15.2 Å². The van der Waals surface area contributed by atoms with Gasteiger partial charge in [-0.25, -0.2) is 0 Å². The SMILES string of the molecule is COc1ccc([C@H](CNC(=O)CN2C(=O)CC3(CCCCC3)C2=O)c2c[nH]c3ccccc23)cc1. The molecule has 35 heavy (non-hydrogen) atoms. The molecule has 7 nitrogen and oxygen atoms in total. The molecule has 7 heteroatoms. The lowest BCUT2D eigenvalue weighted by atomic mass is 9.73. The van der Waals surface area contributed by atoms with E-state index in [1.165, 1.54) is 4.90 Å². The number of aromatic amines is 1. The Hall–Kier alpha value is -3.61. The summed E-state index contributed by atoms with van der Waals surface area (Å²) in [5.74, 6) is -0.0668. The Balaban J connectivity index is 1.33. The number of benzene rings is 2. The van der Waals surface area contributed by atoms with Gasteiger partial charge in [0.05, 0.1) is 12.5 Å². The van der Waals surface area contributed by atoms with Crippen LogP contribution < -0.4 is 10.1 Å². The number of nitrogens with zero attached hydrogens (tertiary/aromatic N) is 1. The highest BCUT2D eigenvalue weighted by Gasteiger charge is 2.51. The van der Waals surface area contributed by atoms with Gasteiger partial charge in [-0.1, -0.05) is 49.6 Å². The summed E-state index contributed by atoms with van der Waals surface area (Å²) in [5.41, 5.74) is 2.55. The lowest BCUT2D eigenvalue weighted by Crippen LogP contribution is -2.43. The third-order valence-electron chi connectivity index (χ3n) is 7.62. The van der Waals surface area contributed by atoms with Crippen molar-refractivity contribution in [2.24, 2.45) is 5.41 Å². The third-order valence-corrected chi connectivity index (χ3v) is 7.62. The van der Waals surface area contributed by atoms with E-state index >= 15 is 0 Å². The average Bonchev–Trinajstić information content (AvgIpc) is 3.40. The number of fused-ring (bicyclic) bond motifs is 1. The van der Waals surface area contributed by atoms with Gasteiger partial charge < -0.3 is 15.0 Å². The zero-order chi connectivity index (χ0) is 24.4. The number of ether oxygens (including phenoxy) is 1. The molecule has 1 saturated carbocycles. The van der Waals surface area contributed by atoms with E-state index < -0.39 is 5.41 Å². The Morgan fingerprint density at radius 2 is 1.83 bits per heavy atom. The van der Waals surface area contributed by atoms with Crippen molar-refractivity contribution in [3.05, 3.63) is 65.9 Å². The Kier molecular flexibility index (Phi) is 6.32. The molecule has 2 aliphatic rings. The molecular formula is C28H31N3O4. The molecule has 1 aliphatic carbocycles. The summed E-state index contributed by atoms with van der Waals surface area (Å²) >= 11 is 0. The van der Waals surface area contributed by atoms with E-state index in [1.807, 2.05) is 48.7 Å². The van der Waals surface area contributed by atoms with Crippen molar-refractivity contribution in [2.75, 3.05) is 20.2 Å². The zero-order valence-electron chi connectivity index (χ0n) is 20.0. The number of likely N-dealkylation sites (tertiary alicyclic amines) is 1. The lowest BCUT2D eigenvalue weighted by Gasteiger charge is -2.30. The molecule has 3 aromatic rings. The standard InChI is InChI=1S/C28H31N3O4/c1-35-20-11-9-19(10-12-20)22(23-17-29-24-8-4-3-7-21(23)24)16-30-25(32)18-31-26(33)15-28(27(31)34)13-5-2-6-14-28/h3-4,7-12,17,22,29H,2,5-6,13-16,18H2,1H3,(H,30,32)/t22-/m0/s1. The Morgan fingerprint density at radius 3 is 2.57 bits per heavy atom. The number of rotatable bonds is 7. The smallest absolute Gasteiger partial charge is 0.240 e. The largest absolute Gasteiger partial charge is 0.497 e. The Morgan fingerprint density at radius 1 is 1.09 bits per heavy atom. The first kappa shape index (κ1) is 23.1. The van der Waals surface area contributed by atoms with Crippen molar-refractivity contribution in [1.29, 1.82) is 0 Å². The number of nitrogens with one attached hydrogen (secondary N) is 2. The molecule has 2 fully saturated rings. The van der Waals surface area contributed by atoms with Gasteiger partial charge in [-0.3, -0.25) is 19.3 Å². The highest BCUT2D eigenvalue weighted by molar-refractivity contribution is 6.08. The molecular weight excluding hydrogens is 442 g/mol. The third kappa shape index (κ3) is 4.43. The zero-order valence-corrected chi connectivity index (χ0v) is 20.0. The van der Waals surface area contributed by atoms with Crippen LogP contribution in [0.3, 0.4) is 0 Å². The molecule has 182 valence electrons. The molecule has 0 radical (unpaired) electrons. The van der Waals surface area contributed by atoms with Crippen LogP contribution in [0.15, 0.2) is 54.7 Å². The molecule has 1 saturated heterocycles. The fourth-order valence-electron chi connectivity index (χ4n) is 5.68. The molecule has 0 unspecified atom stereocenters. The van der Waals surface area contributed by atoms with Crippen molar-refractivity contribution in [3.8, 4) is 5.75 Å². The molecule has 3 amide bonds. The predicted octanol–water partition coefficient (Wildman–Crippen LogP) is 4.13. The minimum atomic E-state index is -0.578. The van der Waals surface area contributed by atoms with Gasteiger partial charge in [0, 0.05) is 36.0 Å². The van der Waals surface area contributed by atoms with Gasteiger partial charge in [0.2, 0.25) is 17.7 Å². The number of hydrogen-bond donors (Lipinski definition) is 2. The van der Waals surface area contributed by atoms with Crippen molar-refractivity contribution in [3.63, 3.8) is 0 Å². The van der Waals surface area contributed by atoms with E-state index in [1.54, 1.807) is 7.11 Å². The summed E-state index contributed by atoms with van der Waals surface area (Å²) in [4.78, 5) is 43.2. The van der Waals surface area contributed by atoms with E-state index in [9.17, 15) is 14.4 Å². The molecule has 2 heterocycles. The second kappa shape index (κ2) is 9.56. The molecule has 5 rings (SSSR count). The van der Waals surface area contributed by atoms with Crippen molar-refractivity contribution in [2.45, 2.75) is 44.4 Å².